The molecule has 0 saturated carbocycles. The van der Waals surface area contributed by atoms with Crippen LogP contribution in [-0.4, -0.2) is 17.1 Å². The molecule has 2 aromatic carbocycles. The van der Waals surface area contributed by atoms with Gasteiger partial charge < -0.3 is 4.98 Å². The summed E-state index contributed by atoms with van der Waals surface area (Å²) in [7, 11) is 0. The van der Waals surface area contributed by atoms with E-state index in [2.05, 4.69) is 15.5 Å². The second-order valence-corrected chi connectivity index (χ2v) is 4.93. The van der Waals surface area contributed by atoms with Gasteiger partial charge in [-0.1, -0.05) is 29.8 Å². The maximum atomic E-state index is 11.9. The van der Waals surface area contributed by atoms with E-state index in [0.29, 0.717) is 10.6 Å². The van der Waals surface area contributed by atoms with Crippen LogP contribution >= 0.6 is 11.6 Å². The molecule has 0 saturated heterocycles. The van der Waals surface area contributed by atoms with Crippen molar-refractivity contribution in [1.29, 1.82) is 0 Å². The molecule has 1 heterocycles. The summed E-state index contributed by atoms with van der Waals surface area (Å²) < 4.78 is 0. The van der Waals surface area contributed by atoms with Gasteiger partial charge in [0.15, 0.2) is 0 Å². The molecule has 3 rings (SSSR count). The van der Waals surface area contributed by atoms with Crippen LogP contribution in [0.3, 0.4) is 0 Å². The second-order valence-electron chi connectivity index (χ2n) is 4.50. The van der Waals surface area contributed by atoms with Crippen molar-refractivity contribution in [2.45, 2.75) is 0 Å². The summed E-state index contributed by atoms with van der Waals surface area (Å²) in [6.07, 6.45) is 3.47. The fraction of sp³-hybridized carbons (Fsp3) is 0. The molecule has 2 N–H and O–H groups in total. The lowest BCUT2D eigenvalue weighted by Crippen LogP contribution is -2.17. The monoisotopic (exact) mass is 297 g/mol. The van der Waals surface area contributed by atoms with Gasteiger partial charge in [0.1, 0.15) is 0 Å². The van der Waals surface area contributed by atoms with Gasteiger partial charge in [-0.2, -0.15) is 5.10 Å². The van der Waals surface area contributed by atoms with E-state index in [-0.39, 0.29) is 5.91 Å². The highest BCUT2D eigenvalue weighted by atomic mass is 35.5. The highest BCUT2D eigenvalue weighted by Gasteiger charge is 2.04. The Morgan fingerprint density at radius 2 is 1.90 bits per heavy atom. The first-order chi connectivity index (χ1) is 10.2. The molecule has 3 aromatic rings. The number of carbonyl (C=O) groups excluding carboxylic acids is 1. The Hall–Kier alpha value is -2.59. The van der Waals surface area contributed by atoms with Gasteiger partial charge in [0.05, 0.1) is 6.21 Å². The molecule has 21 heavy (non-hydrogen) atoms. The Labute approximate surface area is 126 Å². The number of para-hydroxylation sites is 1. The predicted molar refractivity (Wildman–Crippen MR) is 84.8 cm³/mol. The van der Waals surface area contributed by atoms with E-state index in [0.717, 1.165) is 16.5 Å². The first-order valence-corrected chi connectivity index (χ1v) is 6.77. The third-order valence-corrected chi connectivity index (χ3v) is 3.35. The Kier molecular flexibility index (Phi) is 3.71. The summed E-state index contributed by atoms with van der Waals surface area (Å²) in [5.74, 6) is -0.275. The van der Waals surface area contributed by atoms with Gasteiger partial charge in [-0.3, -0.25) is 4.79 Å². The van der Waals surface area contributed by atoms with Crippen molar-refractivity contribution < 1.29 is 4.79 Å². The molecule has 104 valence electrons. The van der Waals surface area contributed by atoms with Gasteiger partial charge in [0.25, 0.3) is 5.91 Å². The summed E-state index contributed by atoms with van der Waals surface area (Å²) in [5, 5.41) is 5.63. The highest BCUT2D eigenvalue weighted by molar-refractivity contribution is 6.30. The molecule has 0 unspecified atom stereocenters. The number of nitrogens with one attached hydrogen (secondary N) is 2. The fourth-order valence-corrected chi connectivity index (χ4v) is 2.15. The maximum Gasteiger partial charge on any atom is 0.271 e. The molecule has 0 aliphatic heterocycles. The van der Waals surface area contributed by atoms with Crippen LogP contribution in [0.2, 0.25) is 5.02 Å². The van der Waals surface area contributed by atoms with Crippen molar-refractivity contribution in [3.8, 4) is 0 Å². The Bertz CT molecular complexity index is 806. The number of nitrogens with zero attached hydrogens (tertiary/aromatic N) is 1. The minimum atomic E-state index is -0.275. The van der Waals surface area contributed by atoms with E-state index in [1.807, 2.05) is 30.5 Å². The van der Waals surface area contributed by atoms with Crippen LogP contribution in [0.25, 0.3) is 10.9 Å². The largest absolute Gasteiger partial charge is 0.361 e. The minimum absolute atomic E-state index is 0.275. The van der Waals surface area contributed by atoms with E-state index >= 15 is 0 Å². The summed E-state index contributed by atoms with van der Waals surface area (Å²) in [4.78, 5) is 15.0. The molecular formula is C16H12ClN3O. The summed E-state index contributed by atoms with van der Waals surface area (Å²) in [6.45, 7) is 0. The summed E-state index contributed by atoms with van der Waals surface area (Å²) in [5.41, 5.74) is 4.95. The summed E-state index contributed by atoms with van der Waals surface area (Å²) >= 11 is 5.78. The molecule has 0 fully saturated rings. The number of benzene rings is 2. The number of aromatic nitrogens is 1. The molecule has 0 spiro atoms. The topological polar surface area (TPSA) is 57.2 Å². The molecule has 1 aromatic heterocycles. The molecule has 5 heteroatoms. The first-order valence-electron chi connectivity index (χ1n) is 6.39. The quantitative estimate of drug-likeness (QED) is 0.563. The number of amides is 1. The van der Waals surface area contributed by atoms with Crippen LogP contribution in [0.5, 0.6) is 0 Å². The van der Waals surface area contributed by atoms with Crippen molar-refractivity contribution in [3.63, 3.8) is 0 Å². The van der Waals surface area contributed by atoms with Crippen LogP contribution < -0.4 is 5.43 Å². The number of hydrogen-bond donors (Lipinski definition) is 2. The van der Waals surface area contributed by atoms with Gasteiger partial charge in [0, 0.05) is 33.2 Å². The lowest BCUT2D eigenvalue weighted by molar-refractivity contribution is 0.0955. The molecule has 0 bridgehead atoms. The van der Waals surface area contributed by atoms with Gasteiger partial charge in [-0.05, 0) is 30.3 Å². The van der Waals surface area contributed by atoms with E-state index in [1.165, 1.54) is 0 Å². The number of fused-ring (bicyclic) bond motifs is 1. The van der Waals surface area contributed by atoms with Crippen molar-refractivity contribution in [2.24, 2.45) is 5.10 Å². The molecule has 1 amide bonds. The predicted octanol–water partition coefficient (Wildman–Crippen LogP) is 3.59. The van der Waals surface area contributed by atoms with Gasteiger partial charge in [-0.15, -0.1) is 0 Å². The van der Waals surface area contributed by atoms with E-state index in [9.17, 15) is 4.79 Å². The highest BCUT2D eigenvalue weighted by Crippen LogP contribution is 2.15. The van der Waals surface area contributed by atoms with Crippen molar-refractivity contribution >= 4 is 34.6 Å². The van der Waals surface area contributed by atoms with Crippen LogP contribution in [0.1, 0.15) is 15.9 Å². The van der Waals surface area contributed by atoms with Crippen molar-refractivity contribution in [3.05, 3.63) is 70.9 Å². The zero-order valence-electron chi connectivity index (χ0n) is 11.0. The SMILES string of the molecule is O=C(NN=Cc1c[nH]c2ccccc12)c1ccc(Cl)cc1. The molecule has 0 aliphatic carbocycles. The Morgan fingerprint density at radius 1 is 1.14 bits per heavy atom. The third kappa shape index (κ3) is 2.95. The smallest absolute Gasteiger partial charge is 0.271 e. The molecule has 4 nitrogen and oxygen atoms in total. The van der Waals surface area contributed by atoms with Crippen molar-refractivity contribution in [2.75, 3.05) is 0 Å². The first kappa shape index (κ1) is 13.4. The van der Waals surface area contributed by atoms with Crippen LogP contribution in [0, 0.1) is 0 Å². The number of rotatable bonds is 3. The average Bonchev–Trinajstić information content (AvgIpc) is 2.91. The fourth-order valence-electron chi connectivity index (χ4n) is 2.03. The molecule has 0 radical (unpaired) electrons. The van der Waals surface area contributed by atoms with E-state index in [1.54, 1.807) is 30.5 Å². The van der Waals surface area contributed by atoms with E-state index < -0.39 is 0 Å². The number of hydrazone groups is 1. The minimum Gasteiger partial charge on any atom is -0.361 e. The van der Waals surface area contributed by atoms with Crippen LogP contribution in [-0.2, 0) is 0 Å². The maximum absolute atomic E-state index is 11.9. The van der Waals surface area contributed by atoms with Gasteiger partial charge in [0.2, 0.25) is 0 Å². The third-order valence-electron chi connectivity index (χ3n) is 3.10. The molecule has 0 atom stereocenters. The molecular weight excluding hydrogens is 286 g/mol. The number of hydrogen-bond acceptors (Lipinski definition) is 2. The van der Waals surface area contributed by atoms with Crippen LogP contribution in [0.15, 0.2) is 59.8 Å². The summed E-state index contributed by atoms with van der Waals surface area (Å²) in [6, 6.07) is 14.5. The van der Waals surface area contributed by atoms with Gasteiger partial charge in [-0.25, -0.2) is 5.43 Å². The zero-order valence-corrected chi connectivity index (χ0v) is 11.8. The number of aromatic amines is 1. The lowest BCUT2D eigenvalue weighted by Gasteiger charge is -1.99. The van der Waals surface area contributed by atoms with Crippen molar-refractivity contribution in [1.82, 2.24) is 10.4 Å². The second kappa shape index (κ2) is 5.81. The van der Waals surface area contributed by atoms with Gasteiger partial charge >= 0.3 is 0 Å². The number of H-pyrrole nitrogens is 1. The number of halogens is 1. The molecule has 0 aliphatic rings. The normalized spacial score (nSPS) is 11.1. The average molecular weight is 298 g/mol. The Morgan fingerprint density at radius 3 is 2.71 bits per heavy atom. The number of carbonyl (C=O) groups is 1. The lowest BCUT2D eigenvalue weighted by atomic mass is 10.2. The Balaban J connectivity index is 1.72. The van der Waals surface area contributed by atoms with E-state index in [4.69, 9.17) is 11.6 Å². The zero-order chi connectivity index (χ0) is 14.7. The standard InChI is InChI=1S/C16H12ClN3O/c17-13-7-5-11(6-8-13)16(21)20-19-10-12-9-18-15-4-2-1-3-14(12)15/h1-10,18H,(H,20,21). The van der Waals surface area contributed by atoms with Crippen LogP contribution in [0.4, 0.5) is 0 Å².